The summed E-state index contributed by atoms with van der Waals surface area (Å²) in [5, 5.41) is 2.40. The number of fused-ring (bicyclic) bond motifs is 2. The zero-order valence-corrected chi connectivity index (χ0v) is 9.74. The fraction of sp³-hybridized carbons (Fsp3) is 0. The molecule has 0 unspecified atom stereocenters. The molecule has 1 heterocycles. The van der Waals surface area contributed by atoms with E-state index in [1.165, 1.54) is 10.8 Å². The first-order valence-corrected chi connectivity index (χ1v) is 4.68. The van der Waals surface area contributed by atoms with Crippen LogP contribution in [-0.2, 0) is 19.5 Å². The minimum Gasteiger partial charge on any atom is -0.248 e. The van der Waals surface area contributed by atoms with Crippen LogP contribution in [0.15, 0.2) is 54.6 Å². The van der Waals surface area contributed by atoms with Crippen molar-refractivity contribution in [2.45, 2.75) is 0 Å². The van der Waals surface area contributed by atoms with Crippen molar-refractivity contribution >= 4 is 21.8 Å². The van der Waals surface area contributed by atoms with Crippen LogP contribution in [0.2, 0.25) is 0 Å². The Bertz CT molecular complexity index is 499. The Balaban J connectivity index is 0.000000853. The molecule has 74 valence electrons. The summed E-state index contributed by atoms with van der Waals surface area (Å²) in [5.74, 6) is 0. The standard InChI is InChI=1S/C13H9N.Ru/c1-3-7-12-10(5-1)9-11-6-2-4-8-13(11)14-12;/h1-9H;. The number of hydrogen-bond acceptors (Lipinski definition) is 1. The molecule has 0 radical (unpaired) electrons. The number of benzene rings is 2. The average Bonchev–Trinajstić information content (AvgIpc) is 2.26. The molecule has 0 spiro atoms. The zero-order valence-electron chi connectivity index (χ0n) is 8.00. The van der Waals surface area contributed by atoms with Crippen molar-refractivity contribution in [2.24, 2.45) is 0 Å². The molecular weight excluding hydrogens is 271 g/mol. The third-order valence-corrected chi connectivity index (χ3v) is 2.43. The summed E-state index contributed by atoms with van der Waals surface area (Å²) in [7, 11) is 0. The van der Waals surface area contributed by atoms with Crippen molar-refractivity contribution in [1.82, 2.24) is 4.98 Å². The Kier molecular flexibility index (Phi) is 2.79. The third kappa shape index (κ3) is 1.78. The van der Waals surface area contributed by atoms with Crippen molar-refractivity contribution in [3.05, 3.63) is 54.6 Å². The summed E-state index contributed by atoms with van der Waals surface area (Å²) in [5.41, 5.74) is 2.12. The Morgan fingerprint density at radius 3 is 1.67 bits per heavy atom. The van der Waals surface area contributed by atoms with Gasteiger partial charge < -0.3 is 0 Å². The predicted molar refractivity (Wildman–Crippen MR) is 59.2 cm³/mol. The molecule has 0 atom stereocenters. The van der Waals surface area contributed by atoms with Crippen molar-refractivity contribution in [1.29, 1.82) is 0 Å². The number of pyridine rings is 1. The van der Waals surface area contributed by atoms with E-state index in [0.717, 1.165) is 11.0 Å². The van der Waals surface area contributed by atoms with Gasteiger partial charge in [-0.15, -0.1) is 0 Å². The van der Waals surface area contributed by atoms with E-state index < -0.39 is 0 Å². The fourth-order valence-corrected chi connectivity index (χ4v) is 1.72. The predicted octanol–water partition coefficient (Wildman–Crippen LogP) is 3.39. The normalized spacial score (nSPS) is 10.1. The van der Waals surface area contributed by atoms with Crippen LogP contribution >= 0.6 is 0 Å². The summed E-state index contributed by atoms with van der Waals surface area (Å²) < 4.78 is 0. The summed E-state index contributed by atoms with van der Waals surface area (Å²) in [6, 6.07) is 18.6. The topological polar surface area (TPSA) is 12.9 Å². The number of para-hydroxylation sites is 2. The van der Waals surface area contributed by atoms with Crippen LogP contribution in [0.1, 0.15) is 0 Å². The van der Waals surface area contributed by atoms with Crippen molar-refractivity contribution in [2.75, 3.05) is 0 Å². The van der Waals surface area contributed by atoms with E-state index in [0.29, 0.717) is 0 Å². The van der Waals surface area contributed by atoms with Crippen molar-refractivity contribution in [3.63, 3.8) is 0 Å². The van der Waals surface area contributed by atoms with E-state index >= 15 is 0 Å². The first kappa shape index (κ1) is 10.3. The van der Waals surface area contributed by atoms with E-state index in [2.05, 4.69) is 23.2 Å². The van der Waals surface area contributed by atoms with Gasteiger partial charge in [0.05, 0.1) is 11.0 Å². The average molecular weight is 280 g/mol. The molecule has 0 aliphatic rings. The van der Waals surface area contributed by atoms with Crippen LogP contribution in [0.3, 0.4) is 0 Å². The van der Waals surface area contributed by atoms with Gasteiger partial charge in [0, 0.05) is 30.3 Å². The number of rotatable bonds is 0. The minimum atomic E-state index is 0. The third-order valence-electron chi connectivity index (χ3n) is 2.43. The maximum Gasteiger partial charge on any atom is 0.0709 e. The summed E-state index contributed by atoms with van der Waals surface area (Å²) in [6.07, 6.45) is 0. The van der Waals surface area contributed by atoms with Gasteiger partial charge >= 0.3 is 0 Å². The zero-order chi connectivity index (χ0) is 9.38. The first-order valence-electron chi connectivity index (χ1n) is 4.68. The SMILES string of the molecule is [Ru].c1ccc2nc3ccccc3cc2c1. The molecule has 0 aliphatic carbocycles. The van der Waals surface area contributed by atoms with Crippen molar-refractivity contribution < 1.29 is 19.5 Å². The van der Waals surface area contributed by atoms with Gasteiger partial charge in [-0.25, -0.2) is 4.98 Å². The van der Waals surface area contributed by atoms with Gasteiger partial charge in [-0.1, -0.05) is 36.4 Å². The Morgan fingerprint density at radius 1 is 0.667 bits per heavy atom. The van der Waals surface area contributed by atoms with Crippen LogP contribution in [0.5, 0.6) is 0 Å². The fourth-order valence-electron chi connectivity index (χ4n) is 1.72. The second kappa shape index (κ2) is 4.08. The summed E-state index contributed by atoms with van der Waals surface area (Å²) >= 11 is 0. The molecule has 0 saturated carbocycles. The Hall–Kier alpha value is -1.27. The molecule has 3 rings (SSSR count). The molecule has 0 fully saturated rings. The van der Waals surface area contributed by atoms with Crippen LogP contribution in [0.25, 0.3) is 21.8 Å². The van der Waals surface area contributed by atoms with Crippen LogP contribution in [0.4, 0.5) is 0 Å². The second-order valence-electron chi connectivity index (χ2n) is 3.37. The molecule has 1 aromatic heterocycles. The van der Waals surface area contributed by atoms with E-state index in [4.69, 9.17) is 0 Å². The summed E-state index contributed by atoms with van der Waals surface area (Å²) in [6.45, 7) is 0. The van der Waals surface area contributed by atoms with E-state index in [9.17, 15) is 0 Å². The molecule has 1 nitrogen and oxygen atoms in total. The van der Waals surface area contributed by atoms with Crippen LogP contribution < -0.4 is 0 Å². The van der Waals surface area contributed by atoms with E-state index in [1.54, 1.807) is 0 Å². The first-order chi connectivity index (χ1) is 6.93. The molecule has 15 heavy (non-hydrogen) atoms. The maximum absolute atomic E-state index is 4.58. The number of hydrogen-bond donors (Lipinski definition) is 0. The molecule has 3 aromatic rings. The molecular formula is C13H9NRu. The molecule has 0 saturated heterocycles. The Morgan fingerprint density at radius 2 is 1.13 bits per heavy atom. The van der Waals surface area contributed by atoms with Crippen LogP contribution in [-0.4, -0.2) is 4.98 Å². The summed E-state index contributed by atoms with van der Waals surface area (Å²) in [4.78, 5) is 4.58. The van der Waals surface area contributed by atoms with Gasteiger partial charge in [0.25, 0.3) is 0 Å². The monoisotopic (exact) mass is 281 g/mol. The molecule has 0 amide bonds. The van der Waals surface area contributed by atoms with E-state index in [1.807, 2.05) is 36.4 Å². The molecule has 2 aromatic carbocycles. The van der Waals surface area contributed by atoms with Crippen molar-refractivity contribution in [3.8, 4) is 0 Å². The molecule has 0 bridgehead atoms. The van der Waals surface area contributed by atoms with Gasteiger partial charge in [-0.2, -0.15) is 0 Å². The van der Waals surface area contributed by atoms with Gasteiger partial charge in [0.15, 0.2) is 0 Å². The minimum absolute atomic E-state index is 0. The van der Waals surface area contributed by atoms with Gasteiger partial charge in [0.1, 0.15) is 0 Å². The largest absolute Gasteiger partial charge is 0.248 e. The molecule has 0 N–H and O–H groups in total. The molecule has 0 aliphatic heterocycles. The van der Waals surface area contributed by atoms with Gasteiger partial charge in [0.2, 0.25) is 0 Å². The smallest absolute Gasteiger partial charge is 0.0709 e. The van der Waals surface area contributed by atoms with Crippen LogP contribution in [0, 0.1) is 0 Å². The number of aromatic nitrogens is 1. The Labute approximate surface area is 101 Å². The van der Waals surface area contributed by atoms with E-state index in [-0.39, 0.29) is 19.5 Å². The van der Waals surface area contributed by atoms with Gasteiger partial charge in [-0.05, 0) is 18.2 Å². The maximum atomic E-state index is 4.58. The quantitative estimate of drug-likeness (QED) is 0.454. The second-order valence-corrected chi connectivity index (χ2v) is 3.37. The number of nitrogens with zero attached hydrogens (tertiary/aromatic N) is 1. The molecule has 2 heteroatoms. The van der Waals surface area contributed by atoms with Gasteiger partial charge in [-0.3, -0.25) is 0 Å².